The summed E-state index contributed by atoms with van der Waals surface area (Å²) in [6, 6.07) is 4.67. The molecule has 1 saturated heterocycles. The van der Waals surface area contributed by atoms with E-state index < -0.39 is 11.7 Å². The Morgan fingerprint density at radius 1 is 1.50 bits per heavy atom. The lowest BCUT2D eigenvalue weighted by Crippen LogP contribution is -2.45. The number of rotatable bonds is 6. The number of amides is 1. The molecular formula is C16H23FN2O3. The summed E-state index contributed by atoms with van der Waals surface area (Å²) in [7, 11) is 1.37. The van der Waals surface area contributed by atoms with E-state index in [4.69, 9.17) is 4.74 Å². The van der Waals surface area contributed by atoms with Crippen LogP contribution in [0, 0.1) is 5.82 Å². The van der Waals surface area contributed by atoms with Gasteiger partial charge in [0.05, 0.1) is 19.3 Å². The largest absolute Gasteiger partial charge is 0.494 e. The van der Waals surface area contributed by atoms with Crippen LogP contribution in [0.15, 0.2) is 18.2 Å². The summed E-state index contributed by atoms with van der Waals surface area (Å²) >= 11 is 0. The van der Waals surface area contributed by atoms with Crippen LogP contribution in [0.2, 0.25) is 0 Å². The number of hydrogen-bond acceptors (Lipinski definition) is 4. The molecule has 2 rings (SSSR count). The van der Waals surface area contributed by atoms with Crippen molar-refractivity contribution in [1.29, 1.82) is 0 Å². The monoisotopic (exact) mass is 310 g/mol. The lowest BCUT2D eigenvalue weighted by atomic mass is 10.0. The van der Waals surface area contributed by atoms with Crippen molar-refractivity contribution in [2.75, 3.05) is 33.4 Å². The maximum Gasteiger partial charge on any atom is 0.254 e. The van der Waals surface area contributed by atoms with Gasteiger partial charge in [0.15, 0.2) is 11.6 Å². The number of piperidine rings is 1. The number of methoxy groups -OCH3 is 1. The molecule has 1 aliphatic rings. The van der Waals surface area contributed by atoms with Crippen LogP contribution in [0.5, 0.6) is 5.75 Å². The number of benzene rings is 1. The highest BCUT2D eigenvalue weighted by atomic mass is 19.1. The van der Waals surface area contributed by atoms with E-state index in [2.05, 4.69) is 10.2 Å². The number of hydrogen-bond donors (Lipinski definition) is 2. The van der Waals surface area contributed by atoms with Crippen LogP contribution in [0.1, 0.15) is 29.6 Å². The van der Waals surface area contributed by atoms with Gasteiger partial charge < -0.3 is 15.2 Å². The zero-order valence-electron chi connectivity index (χ0n) is 12.8. The number of ether oxygens (including phenoxy) is 1. The van der Waals surface area contributed by atoms with Crippen molar-refractivity contribution in [3.8, 4) is 5.75 Å². The molecule has 0 aromatic heterocycles. The van der Waals surface area contributed by atoms with Crippen molar-refractivity contribution >= 4 is 5.91 Å². The van der Waals surface area contributed by atoms with Crippen molar-refractivity contribution in [3.05, 3.63) is 29.6 Å². The van der Waals surface area contributed by atoms with Crippen molar-refractivity contribution in [3.63, 3.8) is 0 Å². The first-order chi connectivity index (χ1) is 10.7. The second kappa shape index (κ2) is 8.10. The molecule has 6 heteroatoms. The average molecular weight is 310 g/mol. The van der Waals surface area contributed by atoms with Gasteiger partial charge in [-0.05, 0) is 31.5 Å². The topological polar surface area (TPSA) is 61.8 Å². The summed E-state index contributed by atoms with van der Waals surface area (Å²) in [5, 5.41) is 12.1. The van der Waals surface area contributed by atoms with Gasteiger partial charge in [0.1, 0.15) is 0 Å². The quantitative estimate of drug-likeness (QED) is 0.834. The van der Waals surface area contributed by atoms with Gasteiger partial charge in [-0.15, -0.1) is 0 Å². The minimum atomic E-state index is -0.645. The van der Waals surface area contributed by atoms with Crippen molar-refractivity contribution < 1.29 is 19.0 Å². The van der Waals surface area contributed by atoms with E-state index in [0.29, 0.717) is 13.1 Å². The summed E-state index contributed by atoms with van der Waals surface area (Å²) in [4.78, 5) is 14.2. The zero-order chi connectivity index (χ0) is 15.9. The van der Waals surface area contributed by atoms with Crippen molar-refractivity contribution in [2.24, 2.45) is 0 Å². The molecule has 1 aromatic rings. The molecule has 0 aliphatic carbocycles. The van der Waals surface area contributed by atoms with E-state index in [1.807, 2.05) is 0 Å². The highest BCUT2D eigenvalue weighted by Gasteiger charge is 2.21. The molecule has 0 unspecified atom stereocenters. The fraction of sp³-hybridized carbons (Fsp3) is 0.562. The highest BCUT2D eigenvalue weighted by molar-refractivity contribution is 5.94. The summed E-state index contributed by atoms with van der Waals surface area (Å²) in [6.45, 7) is 2.14. The van der Waals surface area contributed by atoms with E-state index in [1.54, 1.807) is 6.07 Å². The van der Waals surface area contributed by atoms with Gasteiger partial charge >= 0.3 is 0 Å². The molecule has 1 aromatic carbocycles. The molecule has 1 heterocycles. The third kappa shape index (κ3) is 3.96. The van der Waals surface area contributed by atoms with Crippen molar-refractivity contribution in [2.45, 2.75) is 25.3 Å². The van der Waals surface area contributed by atoms with Crippen LogP contribution in [-0.4, -0.2) is 55.3 Å². The van der Waals surface area contributed by atoms with E-state index in [0.717, 1.165) is 25.8 Å². The molecule has 1 amide bonds. The van der Waals surface area contributed by atoms with Gasteiger partial charge in [-0.25, -0.2) is 4.39 Å². The molecule has 1 atom stereocenters. The molecule has 0 bridgehead atoms. The van der Waals surface area contributed by atoms with Gasteiger partial charge in [-0.2, -0.15) is 0 Å². The SMILES string of the molecule is COc1cccc(C(=O)NCCN2CCCC[C@H]2CO)c1F. The lowest BCUT2D eigenvalue weighted by molar-refractivity contribution is 0.0847. The predicted molar refractivity (Wildman–Crippen MR) is 81.6 cm³/mol. The fourth-order valence-electron chi connectivity index (χ4n) is 2.81. The average Bonchev–Trinajstić information content (AvgIpc) is 2.55. The van der Waals surface area contributed by atoms with Gasteiger partial charge in [0, 0.05) is 19.1 Å². The maximum atomic E-state index is 14.0. The maximum absolute atomic E-state index is 14.0. The second-order valence-electron chi connectivity index (χ2n) is 5.45. The molecule has 0 saturated carbocycles. The lowest BCUT2D eigenvalue weighted by Gasteiger charge is -2.34. The number of nitrogens with one attached hydrogen (secondary N) is 1. The van der Waals surface area contributed by atoms with Gasteiger partial charge in [-0.3, -0.25) is 9.69 Å². The minimum absolute atomic E-state index is 0.0169. The number of aliphatic hydroxyl groups excluding tert-OH is 1. The third-order valence-electron chi connectivity index (χ3n) is 4.07. The van der Waals surface area contributed by atoms with Crippen LogP contribution in [0.25, 0.3) is 0 Å². The zero-order valence-corrected chi connectivity index (χ0v) is 12.8. The molecule has 122 valence electrons. The number of carbonyl (C=O) groups is 1. The van der Waals surface area contributed by atoms with E-state index in [9.17, 15) is 14.3 Å². The van der Waals surface area contributed by atoms with Gasteiger partial charge in [-0.1, -0.05) is 12.5 Å². The first-order valence-electron chi connectivity index (χ1n) is 7.63. The van der Waals surface area contributed by atoms with Gasteiger partial charge in [0.25, 0.3) is 5.91 Å². The molecule has 0 radical (unpaired) electrons. The normalized spacial score (nSPS) is 19.0. The molecular weight excluding hydrogens is 287 g/mol. The van der Waals surface area contributed by atoms with Crippen LogP contribution in [-0.2, 0) is 0 Å². The standard InChI is InChI=1S/C16H23FN2O3/c1-22-14-7-4-6-13(15(14)17)16(21)18-8-10-19-9-3-2-5-12(19)11-20/h4,6-7,12,20H,2-3,5,8-11H2,1H3,(H,18,21)/t12-/m0/s1. The Labute approximate surface area is 130 Å². The molecule has 0 spiro atoms. The number of halogens is 1. The number of nitrogens with zero attached hydrogens (tertiary/aromatic N) is 1. The van der Waals surface area contributed by atoms with Crippen LogP contribution < -0.4 is 10.1 Å². The number of aliphatic hydroxyl groups is 1. The Morgan fingerprint density at radius 2 is 2.32 bits per heavy atom. The van der Waals surface area contributed by atoms with E-state index in [-0.39, 0.29) is 24.0 Å². The third-order valence-corrected chi connectivity index (χ3v) is 4.07. The molecule has 2 N–H and O–H groups in total. The van der Waals surface area contributed by atoms with E-state index >= 15 is 0 Å². The predicted octanol–water partition coefficient (Wildman–Crippen LogP) is 1.41. The molecule has 1 fully saturated rings. The summed E-state index contributed by atoms with van der Waals surface area (Å²) in [6.07, 6.45) is 3.22. The Balaban J connectivity index is 1.87. The Hall–Kier alpha value is -1.66. The Bertz CT molecular complexity index is 510. The van der Waals surface area contributed by atoms with Gasteiger partial charge in [0.2, 0.25) is 0 Å². The molecule has 22 heavy (non-hydrogen) atoms. The summed E-state index contributed by atoms with van der Waals surface area (Å²) in [5.41, 5.74) is -0.0169. The smallest absolute Gasteiger partial charge is 0.254 e. The Morgan fingerprint density at radius 3 is 3.05 bits per heavy atom. The van der Waals surface area contributed by atoms with Crippen LogP contribution in [0.3, 0.4) is 0 Å². The fourth-order valence-corrected chi connectivity index (χ4v) is 2.81. The number of carbonyl (C=O) groups excluding carboxylic acids is 1. The van der Waals surface area contributed by atoms with E-state index in [1.165, 1.54) is 19.2 Å². The molecule has 5 nitrogen and oxygen atoms in total. The van der Waals surface area contributed by atoms with Crippen LogP contribution >= 0.6 is 0 Å². The van der Waals surface area contributed by atoms with Crippen molar-refractivity contribution in [1.82, 2.24) is 10.2 Å². The second-order valence-corrected chi connectivity index (χ2v) is 5.45. The first kappa shape index (κ1) is 16.7. The summed E-state index contributed by atoms with van der Waals surface area (Å²) in [5.74, 6) is -1.04. The number of likely N-dealkylation sites (tertiary alicyclic amines) is 1. The van der Waals surface area contributed by atoms with Crippen LogP contribution in [0.4, 0.5) is 4.39 Å². The summed E-state index contributed by atoms with van der Waals surface area (Å²) < 4.78 is 18.9. The first-order valence-corrected chi connectivity index (χ1v) is 7.63. The molecule has 1 aliphatic heterocycles. The highest BCUT2D eigenvalue weighted by Crippen LogP contribution is 2.20. The Kier molecular flexibility index (Phi) is 6.15. The minimum Gasteiger partial charge on any atom is -0.494 e.